The van der Waals surface area contributed by atoms with Crippen LogP contribution < -0.4 is 5.11 Å². The molecule has 0 amide bonds. The molecule has 64 valence electrons. The second-order valence-corrected chi connectivity index (χ2v) is 3.55. The molecular weight excluding hydrogens is 160 g/mol. The largest absolute Gasteiger partial charge is 0.545 e. The second kappa shape index (κ2) is 6.28. The molecule has 0 saturated heterocycles. The fraction of sp³-hybridized carbons (Fsp3) is 0.625. The predicted molar refractivity (Wildman–Crippen MR) is 46.4 cm³/mol. The predicted octanol–water partition coefficient (Wildman–Crippen LogP) is 0.826. The number of carbonyl (C=O) groups excluding carboxylic acids is 1. The zero-order valence-electron chi connectivity index (χ0n) is 6.92. The number of hydrogen-bond acceptors (Lipinski definition) is 3. The average Bonchev–Trinajstić information content (AvgIpc) is 1.97. The van der Waals surface area contributed by atoms with Gasteiger partial charge >= 0.3 is 0 Å². The zero-order chi connectivity index (χ0) is 8.69. The Kier molecular flexibility index (Phi) is 6.03. The van der Waals surface area contributed by atoms with E-state index in [0.29, 0.717) is 5.57 Å². The number of aliphatic carboxylic acids is 1. The third-order valence-electron chi connectivity index (χ3n) is 1.24. The monoisotopic (exact) mass is 173 g/mol. The normalized spacial score (nSPS) is 11.6. The molecule has 0 aliphatic carbocycles. The maximum absolute atomic E-state index is 10.2. The van der Waals surface area contributed by atoms with Gasteiger partial charge < -0.3 is 9.90 Å². The molecule has 0 aromatic rings. The van der Waals surface area contributed by atoms with Crippen LogP contribution in [0.25, 0.3) is 0 Å². The Hall–Kier alpha value is -0.440. The van der Waals surface area contributed by atoms with Gasteiger partial charge in [-0.3, -0.25) is 0 Å². The van der Waals surface area contributed by atoms with Crippen molar-refractivity contribution in [3.05, 3.63) is 11.6 Å². The average molecular weight is 173 g/mol. The number of hydrogen-bond donors (Lipinski definition) is 0. The van der Waals surface area contributed by atoms with E-state index in [4.69, 9.17) is 0 Å². The van der Waals surface area contributed by atoms with Crippen molar-refractivity contribution in [1.29, 1.82) is 0 Å². The molecule has 0 aliphatic rings. The Balaban J connectivity index is 3.48. The summed E-state index contributed by atoms with van der Waals surface area (Å²) in [5, 5.41) is 10.2. The Morgan fingerprint density at radius 3 is 2.73 bits per heavy atom. The van der Waals surface area contributed by atoms with E-state index in [9.17, 15) is 9.90 Å². The zero-order valence-corrected chi connectivity index (χ0v) is 7.74. The fourth-order valence-electron chi connectivity index (χ4n) is 0.586. The van der Waals surface area contributed by atoms with Gasteiger partial charge in [-0.25, -0.2) is 0 Å². The summed E-state index contributed by atoms with van der Waals surface area (Å²) >= 11 is 1.80. The second-order valence-electron chi connectivity index (χ2n) is 2.16. The van der Waals surface area contributed by atoms with Gasteiger partial charge in [-0.05, 0) is 30.4 Å². The van der Waals surface area contributed by atoms with E-state index < -0.39 is 5.97 Å². The summed E-state index contributed by atoms with van der Waals surface area (Å²) in [6.45, 7) is 3.64. The van der Waals surface area contributed by atoms with E-state index in [2.05, 4.69) is 6.92 Å². The molecule has 2 nitrogen and oxygen atoms in total. The smallest absolute Gasteiger partial charge is 0.0668 e. The van der Waals surface area contributed by atoms with Crippen LogP contribution in [-0.4, -0.2) is 17.5 Å². The molecule has 0 N–H and O–H groups in total. The van der Waals surface area contributed by atoms with Gasteiger partial charge in [-0.1, -0.05) is 13.0 Å². The minimum Gasteiger partial charge on any atom is -0.545 e. The quantitative estimate of drug-likeness (QED) is 0.456. The van der Waals surface area contributed by atoms with Crippen LogP contribution in [0, 0.1) is 0 Å². The van der Waals surface area contributed by atoms with Crippen LogP contribution in [0.4, 0.5) is 0 Å². The maximum Gasteiger partial charge on any atom is 0.0668 e. The summed E-state index contributed by atoms with van der Waals surface area (Å²) in [5.74, 6) is 1.01. The van der Waals surface area contributed by atoms with Crippen molar-refractivity contribution in [2.75, 3.05) is 11.5 Å². The highest BCUT2D eigenvalue weighted by molar-refractivity contribution is 7.99. The van der Waals surface area contributed by atoms with Crippen molar-refractivity contribution in [2.24, 2.45) is 0 Å². The highest BCUT2D eigenvalue weighted by Gasteiger charge is 1.88. The van der Waals surface area contributed by atoms with Crippen LogP contribution in [0.5, 0.6) is 0 Å². The minimum absolute atomic E-state index is 0.335. The summed E-state index contributed by atoms with van der Waals surface area (Å²) in [5.41, 5.74) is 0.335. The van der Waals surface area contributed by atoms with E-state index in [1.54, 1.807) is 24.8 Å². The number of carboxylic acid groups (broad SMARTS) is 1. The highest BCUT2D eigenvalue weighted by atomic mass is 32.2. The Bertz CT molecular complexity index is 152. The highest BCUT2D eigenvalue weighted by Crippen LogP contribution is 2.03. The first-order valence-electron chi connectivity index (χ1n) is 3.64. The molecule has 0 aliphatic heterocycles. The van der Waals surface area contributed by atoms with E-state index >= 15 is 0 Å². The lowest BCUT2D eigenvalue weighted by Gasteiger charge is -2.00. The molecule has 0 aromatic heterocycles. The molecule has 0 spiro atoms. The number of allylic oxidation sites excluding steroid dienone is 1. The first kappa shape index (κ1) is 10.6. The summed E-state index contributed by atoms with van der Waals surface area (Å²) < 4.78 is 0. The summed E-state index contributed by atoms with van der Waals surface area (Å²) in [7, 11) is 0. The molecule has 3 heteroatoms. The Morgan fingerprint density at radius 2 is 2.27 bits per heavy atom. The van der Waals surface area contributed by atoms with Crippen molar-refractivity contribution in [1.82, 2.24) is 0 Å². The van der Waals surface area contributed by atoms with E-state index in [-0.39, 0.29) is 0 Å². The maximum atomic E-state index is 10.2. The van der Waals surface area contributed by atoms with Crippen LogP contribution in [0.1, 0.15) is 20.3 Å². The van der Waals surface area contributed by atoms with Gasteiger partial charge in [-0.15, -0.1) is 0 Å². The topological polar surface area (TPSA) is 40.1 Å². The molecule has 11 heavy (non-hydrogen) atoms. The lowest BCUT2D eigenvalue weighted by atomic mass is 10.2. The van der Waals surface area contributed by atoms with Gasteiger partial charge in [-0.2, -0.15) is 11.8 Å². The summed E-state index contributed by atoms with van der Waals surface area (Å²) in [4.78, 5) is 10.2. The molecule has 0 fully saturated rings. The molecule has 0 bridgehead atoms. The summed E-state index contributed by atoms with van der Waals surface area (Å²) in [6, 6.07) is 0. The van der Waals surface area contributed by atoms with Crippen LogP contribution >= 0.6 is 11.8 Å². The first-order chi connectivity index (χ1) is 5.18. The van der Waals surface area contributed by atoms with Crippen molar-refractivity contribution in [3.8, 4) is 0 Å². The van der Waals surface area contributed by atoms with E-state index in [1.165, 1.54) is 0 Å². The third-order valence-corrected chi connectivity index (χ3v) is 2.17. The van der Waals surface area contributed by atoms with Crippen molar-refractivity contribution in [3.63, 3.8) is 0 Å². The third kappa shape index (κ3) is 5.98. The first-order valence-corrected chi connectivity index (χ1v) is 4.79. The van der Waals surface area contributed by atoms with Gasteiger partial charge in [0.1, 0.15) is 0 Å². The van der Waals surface area contributed by atoms with Crippen LogP contribution in [-0.2, 0) is 4.79 Å². The molecule has 0 aromatic carbocycles. The van der Waals surface area contributed by atoms with Gasteiger partial charge in [0, 0.05) is 0 Å². The van der Waals surface area contributed by atoms with Gasteiger partial charge in [0.05, 0.1) is 5.97 Å². The van der Waals surface area contributed by atoms with E-state index in [0.717, 1.165) is 17.9 Å². The fourth-order valence-corrected chi connectivity index (χ4v) is 1.16. The molecule has 0 saturated carbocycles. The SMILES string of the molecule is CCSCC/C=C(\C)C(=O)[O-]. The lowest BCUT2D eigenvalue weighted by molar-refractivity contribution is -0.299. The standard InChI is InChI=1S/C8H14O2S/c1-3-11-6-4-5-7(2)8(9)10/h5H,3-4,6H2,1-2H3,(H,9,10)/p-1/b7-5+. The number of rotatable bonds is 5. The molecule has 0 unspecified atom stereocenters. The minimum atomic E-state index is -1.06. The molecule has 0 atom stereocenters. The molecule has 0 rings (SSSR count). The number of thioether (sulfide) groups is 1. The van der Waals surface area contributed by atoms with Gasteiger partial charge in [0.2, 0.25) is 0 Å². The van der Waals surface area contributed by atoms with Crippen molar-refractivity contribution in [2.45, 2.75) is 20.3 Å². The van der Waals surface area contributed by atoms with Gasteiger partial charge in [0.25, 0.3) is 0 Å². The Morgan fingerprint density at radius 1 is 1.64 bits per heavy atom. The van der Waals surface area contributed by atoms with Gasteiger partial charge in [0.15, 0.2) is 0 Å². The van der Waals surface area contributed by atoms with Crippen molar-refractivity contribution < 1.29 is 9.90 Å². The van der Waals surface area contributed by atoms with E-state index in [1.807, 2.05) is 0 Å². The molecule has 0 heterocycles. The molecular formula is C8H13O2S-. The van der Waals surface area contributed by atoms with Crippen molar-refractivity contribution >= 4 is 17.7 Å². The van der Waals surface area contributed by atoms with Crippen LogP contribution in [0.15, 0.2) is 11.6 Å². The lowest BCUT2D eigenvalue weighted by Crippen LogP contribution is -2.22. The Labute approximate surface area is 71.7 Å². The van der Waals surface area contributed by atoms with Crippen LogP contribution in [0.3, 0.4) is 0 Å². The molecule has 0 radical (unpaired) electrons. The van der Waals surface area contributed by atoms with Crippen LogP contribution in [0.2, 0.25) is 0 Å². The number of carbonyl (C=O) groups is 1. The number of carboxylic acids is 1. The summed E-state index contributed by atoms with van der Waals surface area (Å²) in [6.07, 6.45) is 2.52.